The summed E-state index contributed by atoms with van der Waals surface area (Å²) in [5.74, 6) is 0.564. The molecule has 0 saturated carbocycles. The summed E-state index contributed by atoms with van der Waals surface area (Å²) in [6.45, 7) is 6.39. The first-order valence-corrected chi connectivity index (χ1v) is 7.10. The summed E-state index contributed by atoms with van der Waals surface area (Å²) in [5, 5.41) is 2.97. The number of ether oxygens (including phenoxy) is 1. The number of nitrogens with one attached hydrogen (secondary N) is 1. The Kier molecular flexibility index (Phi) is 4.30. The van der Waals surface area contributed by atoms with E-state index in [0.717, 1.165) is 18.1 Å². The summed E-state index contributed by atoms with van der Waals surface area (Å²) in [4.78, 5) is 12.8. The van der Waals surface area contributed by atoms with Gasteiger partial charge in [-0.25, -0.2) is 0 Å². The third-order valence-electron chi connectivity index (χ3n) is 3.00. The van der Waals surface area contributed by atoms with Gasteiger partial charge in [-0.15, -0.1) is 11.8 Å². The first kappa shape index (κ1) is 13.4. The predicted octanol–water partition coefficient (Wildman–Crippen LogP) is 2.24. The van der Waals surface area contributed by atoms with Crippen molar-refractivity contribution in [2.24, 2.45) is 5.41 Å². The summed E-state index contributed by atoms with van der Waals surface area (Å²) in [6.07, 6.45) is 0. The van der Waals surface area contributed by atoms with Gasteiger partial charge in [0.15, 0.2) is 0 Å². The molecular formula is C14H19NO2S. The van der Waals surface area contributed by atoms with Crippen molar-refractivity contribution in [2.45, 2.75) is 18.7 Å². The Hall–Kier alpha value is -1.00. The molecule has 0 unspecified atom stereocenters. The van der Waals surface area contributed by atoms with Gasteiger partial charge >= 0.3 is 0 Å². The van der Waals surface area contributed by atoms with Crippen molar-refractivity contribution in [1.29, 1.82) is 0 Å². The lowest BCUT2D eigenvalue weighted by atomic mass is 9.89. The van der Waals surface area contributed by atoms with Crippen molar-refractivity contribution in [3.05, 3.63) is 29.8 Å². The van der Waals surface area contributed by atoms with Crippen molar-refractivity contribution >= 4 is 17.7 Å². The Morgan fingerprint density at radius 2 is 2.06 bits per heavy atom. The van der Waals surface area contributed by atoms with Crippen molar-refractivity contribution in [2.75, 3.05) is 25.5 Å². The van der Waals surface area contributed by atoms with E-state index >= 15 is 0 Å². The molecule has 1 fully saturated rings. The zero-order chi connectivity index (χ0) is 13.0. The topological polar surface area (TPSA) is 38.3 Å². The molecule has 18 heavy (non-hydrogen) atoms. The van der Waals surface area contributed by atoms with E-state index in [2.05, 4.69) is 31.3 Å². The Labute approximate surface area is 112 Å². The lowest BCUT2D eigenvalue weighted by Crippen LogP contribution is -2.48. The largest absolute Gasteiger partial charge is 0.380 e. The minimum Gasteiger partial charge on any atom is -0.380 e. The fourth-order valence-corrected chi connectivity index (χ4v) is 2.43. The average molecular weight is 265 g/mol. The molecule has 98 valence electrons. The lowest BCUT2D eigenvalue weighted by molar-refractivity contribution is -0.124. The molecule has 0 bridgehead atoms. The van der Waals surface area contributed by atoms with Crippen molar-refractivity contribution in [1.82, 2.24) is 5.32 Å². The number of thioether (sulfide) groups is 1. The van der Waals surface area contributed by atoms with E-state index in [1.807, 2.05) is 12.1 Å². The fraction of sp³-hybridized carbons (Fsp3) is 0.500. The Bertz CT molecular complexity index is 412. The van der Waals surface area contributed by atoms with E-state index in [1.54, 1.807) is 11.8 Å². The first-order valence-electron chi connectivity index (χ1n) is 6.11. The molecule has 1 aromatic rings. The van der Waals surface area contributed by atoms with Gasteiger partial charge < -0.3 is 10.1 Å². The molecule has 0 spiro atoms. The zero-order valence-corrected chi connectivity index (χ0v) is 11.7. The molecule has 1 heterocycles. The third kappa shape index (κ3) is 3.75. The van der Waals surface area contributed by atoms with Crippen LogP contribution >= 0.6 is 11.8 Å². The van der Waals surface area contributed by atoms with E-state index in [4.69, 9.17) is 4.74 Å². The molecule has 1 aliphatic rings. The number of rotatable bonds is 5. The van der Waals surface area contributed by atoms with Gasteiger partial charge in [0, 0.05) is 16.9 Å². The summed E-state index contributed by atoms with van der Waals surface area (Å²) in [6, 6.07) is 8.22. The molecule has 1 aliphatic heterocycles. The van der Waals surface area contributed by atoms with Gasteiger partial charge in [-0.05, 0) is 19.1 Å². The van der Waals surface area contributed by atoms with Gasteiger partial charge in [0.25, 0.3) is 0 Å². The normalized spacial score (nSPS) is 17.0. The number of hydrogen-bond acceptors (Lipinski definition) is 3. The van der Waals surface area contributed by atoms with Crippen molar-refractivity contribution < 1.29 is 9.53 Å². The predicted molar refractivity (Wildman–Crippen MR) is 73.8 cm³/mol. The number of hydrogen-bond donors (Lipinski definition) is 1. The van der Waals surface area contributed by atoms with E-state index in [-0.39, 0.29) is 11.3 Å². The lowest BCUT2D eigenvalue weighted by Gasteiger charge is -2.38. The summed E-state index contributed by atoms with van der Waals surface area (Å²) in [5.41, 5.74) is 1.38. The Balaban J connectivity index is 1.69. The molecule has 0 aromatic heterocycles. The fourth-order valence-electron chi connectivity index (χ4n) is 1.70. The maximum absolute atomic E-state index is 11.7. The van der Waals surface area contributed by atoms with Crippen LogP contribution in [0.5, 0.6) is 0 Å². The Morgan fingerprint density at radius 1 is 1.39 bits per heavy atom. The smallest absolute Gasteiger partial charge is 0.230 e. The highest BCUT2D eigenvalue weighted by atomic mass is 32.2. The van der Waals surface area contributed by atoms with Crippen LogP contribution in [0.2, 0.25) is 0 Å². The summed E-state index contributed by atoms with van der Waals surface area (Å²) in [7, 11) is 0. The minimum absolute atomic E-state index is 0.0914. The number of aryl methyl sites for hydroxylation is 1. The van der Waals surface area contributed by atoms with E-state index in [1.165, 1.54) is 5.56 Å². The molecule has 4 heteroatoms. The molecule has 0 radical (unpaired) electrons. The van der Waals surface area contributed by atoms with Gasteiger partial charge in [-0.1, -0.05) is 24.6 Å². The molecular weight excluding hydrogens is 246 g/mol. The summed E-state index contributed by atoms with van der Waals surface area (Å²) >= 11 is 1.57. The number of carbonyl (C=O) groups is 1. The second kappa shape index (κ2) is 5.76. The molecule has 1 amide bonds. The van der Waals surface area contributed by atoms with Crippen LogP contribution < -0.4 is 5.32 Å². The van der Waals surface area contributed by atoms with Crippen LogP contribution in [0, 0.1) is 12.3 Å². The highest BCUT2D eigenvalue weighted by Gasteiger charge is 2.33. The van der Waals surface area contributed by atoms with Crippen LogP contribution in [-0.4, -0.2) is 31.4 Å². The third-order valence-corrected chi connectivity index (χ3v) is 4.02. The Morgan fingerprint density at radius 3 is 2.61 bits per heavy atom. The van der Waals surface area contributed by atoms with E-state index in [0.29, 0.717) is 12.3 Å². The summed E-state index contributed by atoms with van der Waals surface area (Å²) < 4.78 is 5.15. The van der Waals surface area contributed by atoms with Gasteiger partial charge in [0.05, 0.1) is 19.0 Å². The van der Waals surface area contributed by atoms with E-state index < -0.39 is 0 Å². The van der Waals surface area contributed by atoms with Crippen LogP contribution in [0.3, 0.4) is 0 Å². The molecule has 1 N–H and O–H groups in total. The van der Waals surface area contributed by atoms with Gasteiger partial charge in [-0.2, -0.15) is 0 Å². The van der Waals surface area contributed by atoms with Crippen molar-refractivity contribution in [3.63, 3.8) is 0 Å². The number of benzene rings is 1. The SMILES string of the molecule is Cc1ccc(SCC(=O)NCC2(C)COC2)cc1. The van der Waals surface area contributed by atoms with Crippen LogP contribution in [0.1, 0.15) is 12.5 Å². The maximum Gasteiger partial charge on any atom is 0.230 e. The average Bonchev–Trinajstić information content (AvgIpc) is 2.33. The maximum atomic E-state index is 11.7. The first-order chi connectivity index (χ1) is 8.57. The minimum atomic E-state index is 0.0914. The highest BCUT2D eigenvalue weighted by Crippen LogP contribution is 2.25. The molecule has 1 aromatic carbocycles. The standard InChI is InChI=1S/C14H19NO2S/c1-11-3-5-12(6-4-11)18-7-13(16)15-8-14(2)9-17-10-14/h3-6H,7-10H2,1-2H3,(H,15,16). The van der Waals surface area contributed by atoms with Gasteiger partial charge in [0.2, 0.25) is 5.91 Å². The molecule has 1 saturated heterocycles. The monoisotopic (exact) mass is 265 g/mol. The highest BCUT2D eigenvalue weighted by molar-refractivity contribution is 8.00. The van der Waals surface area contributed by atoms with Crippen LogP contribution in [0.25, 0.3) is 0 Å². The number of carbonyl (C=O) groups excluding carboxylic acids is 1. The van der Waals surface area contributed by atoms with Crippen LogP contribution in [0.15, 0.2) is 29.2 Å². The number of amides is 1. The van der Waals surface area contributed by atoms with Gasteiger partial charge in [-0.3, -0.25) is 4.79 Å². The van der Waals surface area contributed by atoms with E-state index in [9.17, 15) is 4.79 Å². The molecule has 0 aliphatic carbocycles. The molecule has 3 nitrogen and oxygen atoms in total. The second-order valence-electron chi connectivity index (χ2n) is 5.18. The van der Waals surface area contributed by atoms with Gasteiger partial charge in [0.1, 0.15) is 0 Å². The molecule has 0 atom stereocenters. The van der Waals surface area contributed by atoms with Crippen LogP contribution in [-0.2, 0) is 9.53 Å². The second-order valence-corrected chi connectivity index (χ2v) is 6.23. The quantitative estimate of drug-likeness (QED) is 0.830. The zero-order valence-electron chi connectivity index (χ0n) is 10.9. The van der Waals surface area contributed by atoms with Crippen LogP contribution in [0.4, 0.5) is 0 Å². The molecule has 2 rings (SSSR count). The van der Waals surface area contributed by atoms with Crippen molar-refractivity contribution in [3.8, 4) is 0 Å².